The van der Waals surface area contributed by atoms with Gasteiger partial charge < -0.3 is 4.90 Å². The van der Waals surface area contributed by atoms with E-state index >= 15 is 0 Å². The van der Waals surface area contributed by atoms with Gasteiger partial charge in [0.05, 0.1) is 38.5 Å². The van der Waals surface area contributed by atoms with Crippen LogP contribution in [0.25, 0.3) is 11.0 Å². The Morgan fingerprint density at radius 1 is 0.970 bits per heavy atom. The molecule has 2 aromatic carbocycles. The molecule has 0 atom stereocenters. The monoisotopic (exact) mass is 500 g/mol. The average molecular weight is 501 g/mol. The molecule has 2 aromatic heterocycles. The van der Waals surface area contributed by atoms with E-state index in [0.717, 1.165) is 9.54 Å². The van der Waals surface area contributed by atoms with Gasteiger partial charge in [-0.05, 0) is 37.3 Å². The fraction of sp³-hybridized carbons (Fsp3) is 0.130. The number of fused-ring (bicyclic) bond motifs is 3. The number of aromatic nitrogens is 2. The smallest absolute Gasteiger partial charge is 0.269 e. The van der Waals surface area contributed by atoms with Gasteiger partial charge in [-0.1, -0.05) is 47.0 Å². The van der Waals surface area contributed by atoms with Crippen molar-refractivity contribution < 1.29 is 13.2 Å². The van der Waals surface area contributed by atoms with Gasteiger partial charge in [-0.15, -0.1) is 0 Å². The first-order valence-electron chi connectivity index (χ1n) is 9.99. The molecular weight excluding hydrogens is 483 g/mol. The molecule has 0 unspecified atom stereocenters. The number of hydrogen-bond acceptors (Lipinski definition) is 5. The summed E-state index contributed by atoms with van der Waals surface area (Å²) < 4.78 is 27.6. The van der Waals surface area contributed by atoms with Crippen LogP contribution in [0.1, 0.15) is 15.9 Å². The fourth-order valence-electron chi connectivity index (χ4n) is 4.05. The Balaban J connectivity index is 1.64. The van der Waals surface area contributed by atoms with E-state index in [1.807, 2.05) is 18.9 Å². The van der Waals surface area contributed by atoms with Crippen molar-refractivity contribution in [2.45, 2.75) is 11.8 Å². The van der Waals surface area contributed by atoms with Crippen molar-refractivity contribution >= 4 is 61.5 Å². The lowest BCUT2D eigenvalue weighted by molar-refractivity contribution is 0.0982. The van der Waals surface area contributed by atoms with Crippen LogP contribution in [0.2, 0.25) is 10.0 Å². The number of carbonyl (C=O) groups is 1. The summed E-state index contributed by atoms with van der Waals surface area (Å²) in [5.74, 6) is -0.318. The van der Waals surface area contributed by atoms with Crippen LogP contribution in [0.4, 0.5) is 11.4 Å². The molecule has 0 saturated carbocycles. The maximum atomic E-state index is 13.4. The summed E-state index contributed by atoms with van der Waals surface area (Å²) in [6, 6.07) is 13.3. The summed E-state index contributed by atoms with van der Waals surface area (Å²) in [7, 11) is -2.04. The maximum absolute atomic E-state index is 13.4. The first kappa shape index (κ1) is 21.8. The van der Waals surface area contributed by atoms with Gasteiger partial charge in [0.25, 0.3) is 15.9 Å². The van der Waals surface area contributed by atoms with Gasteiger partial charge in [-0.25, -0.2) is 17.4 Å². The summed E-state index contributed by atoms with van der Waals surface area (Å²) in [6.07, 6.45) is 2.86. The molecule has 33 heavy (non-hydrogen) atoms. The summed E-state index contributed by atoms with van der Waals surface area (Å²) in [4.78, 5) is 21.2. The lowest BCUT2D eigenvalue weighted by atomic mass is 10.1. The molecule has 3 heterocycles. The van der Waals surface area contributed by atoms with Crippen molar-refractivity contribution in [3.8, 4) is 0 Å². The minimum absolute atomic E-state index is 0.161. The highest BCUT2D eigenvalue weighted by molar-refractivity contribution is 7.90. The highest BCUT2D eigenvalue weighted by Crippen LogP contribution is 2.40. The zero-order valence-corrected chi connectivity index (χ0v) is 20.0. The summed E-state index contributed by atoms with van der Waals surface area (Å²) >= 11 is 12.7. The molecule has 168 valence electrons. The number of nitrogens with zero attached hydrogens (tertiary/aromatic N) is 4. The lowest BCUT2D eigenvalue weighted by Crippen LogP contribution is -2.45. The van der Waals surface area contributed by atoms with Gasteiger partial charge in [0.1, 0.15) is 0 Å². The van der Waals surface area contributed by atoms with E-state index < -0.39 is 10.0 Å². The Labute approximate surface area is 200 Å². The second-order valence-electron chi connectivity index (χ2n) is 7.83. The molecule has 7 nitrogen and oxygen atoms in total. The number of carbonyl (C=O) groups excluding carboxylic acids is 1. The molecule has 0 spiro atoms. The maximum Gasteiger partial charge on any atom is 0.269 e. The highest BCUT2D eigenvalue weighted by Gasteiger charge is 2.34. The van der Waals surface area contributed by atoms with Crippen LogP contribution in [0, 0.1) is 6.92 Å². The zero-order chi connectivity index (χ0) is 23.5. The average Bonchev–Trinajstić information content (AvgIpc) is 3.22. The highest BCUT2D eigenvalue weighted by atomic mass is 35.5. The van der Waals surface area contributed by atoms with Crippen molar-refractivity contribution in [1.29, 1.82) is 0 Å². The van der Waals surface area contributed by atoms with Gasteiger partial charge in [-0.3, -0.25) is 9.69 Å². The molecule has 5 rings (SSSR count). The number of aryl methyl sites for hydroxylation is 1. The van der Waals surface area contributed by atoms with Gasteiger partial charge in [-0.2, -0.15) is 0 Å². The summed E-state index contributed by atoms with van der Waals surface area (Å²) in [5.41, 5.74) is 2.56. The predicted molar refractivity (Wildman–Crippen MR) is 130 cm³/mol. The van der Waals surface area contributed by atoms with Gasteiger partial charge in [0.2, 0.25) is 0 Å². The van der Waals surface area contributed by atoms with Crippen LogP contribution < -0.4 is 9.80 Å². The molecule has 4 aromatic rings. The van der Waals surface area contributed by atoms with E-state index in [4.69, 9.17) is 23.2 Å². The van der Waals surface area contributed by atoms with Crippen LogP contribution in [0.15, 0.2) is 65.8 Å². The number of pyridine rings is 1. The molecule has 0 bridgehead atoms. The number of halogens is 2. The van der Waals surface area contributed by atoms with Crippen molar-refractivity contribution in [2.24, 2.45) is 0 Å². The first-order chi connectivity index (χ1) is 15.7. The molecule has 1 aliphatic heterocycles. The lowest BCUT2D eigenvalue weighted by Gasteiger charge is -2.36. The third kappa shape index (κ3) is 3.37. The van der Waals surface area contributed by atoms with E-state index in [1.165, 1.54) is 17.3 Å². The van der Waals surface area contributed by atoms with Crippen LogP contribution in [0.5, 0.6) is 0 Å². The van der Waals surface area contributed by atoms with Gasteiger partial charge in [0.15, 0.2) is 5.65 Å². The predicted octanol–water partition coefficient (Wildman–Crippen LogP) is 4.94. The van der Waals surface area contributed by atoms with E-state index in [9.17, 15) is 13.2 Å². The Hall–Kier alpha value is -3.07. The Morgan fingerprint density at radius 2 is 1.64 bits per heavy atom. The quantitative estimate of drug-likeness (QED) is 0.398. The van der Waals surface area contributed by atoms with Crippen molar-refractivity contribution in [3.63, 3.8) is 0 Å². The van der Waals surface area contributed by atoms with E-state index in [-0.39, 0.29) is 23.1 Å². The summed E-state index contributed by atoms with van der Waals surface area (Å²) in [5, 5.41) is 1.28. The number of hydrogen-bond donors (Lipinski definition) is 0. The molecule has 0 fully saturated rings. The fourth-order valence-corrected chi connectivity index (χ4v) is 5.95. The van der Waals surface area contributed by atoms with Gasteiger partial charge in [0, 0.05) is 24.8 Å². The second-order valence-corrected chi connectivity index (χ2v) is 10.5. The third-order valence-corrected chi connectivity index (χ3v) is 7.94. The molecule has 0 radical (unpaired) electrons. The van der Waals surface area contributed by atoms with Gasteiger partial charge >= 0.3 is 0 Å². The molecule has 0 N–H and O–H groups in total. The number of anilines is 2. The summed E-state index contributed by atoms with van der Waals surface area (Å²) in [6.45, 7) is 2.07. The topological polar surface area (TPSA) is 75.5 Å². The van der Waals surface area contributed by atoms with Crippen molar-refractivity contribution in [3.05, 3.63) is 82.1 Å². The number of rotatable bonds is 3. The van der Waals surface area contributed by atoms with E-state index in [1.54, 1.807) is 48.5 Å². The molecule has 1 amide bonds. The third-order valence-electron chi connectivity index (χ3n) is 5.65. The molecular formula is C23H18Cl2N4O3S. The minimum atomic E-state index is -3.86. The normalized spacial score (nSPS) is 14.1. The van der Waals surface area contributed by atoms with E-state index in [2.05, 4.69) is 4.98 Å². The molecule has 10 heteroatoms. The van der Waals surface area contributed by atoms with E-state index in [0.29, 0.717) is 32.4 Å². The van der Waals surface area contributed by atoms with Crippen molar-refractivity contribution in [1.82, 2.24) is 8.96 Å². The Bertz CT molecular complexity index is 1510. The van der Waals surface area contributed by atoms with Crippen LogP contribution >= 0.6 is 23.2 Å². The van der Waals surface area contributed by atoms with Crippen LogP contribution in [-0.2, 0) is 10.0 Å². The molecule has 0 saturated heterocycles. The van der Waals surface area contributed by atoms with Crippen LogP contribution in [0.3, 0.4) is 0 Å². The zero-order valence-electron chi connectivity index (χ0n) is 17.7. The largest absolute Gasteiger partial charge is 0.355 e. The number of para-hydroxylation sites is 1. The molecule has 0 aliphatic carbocycles. The second kappa shape index (κ2) is 7.76. The van der Waals surface area contributed by atoms with Crippen LogP contribution in [-0.4, -0.2) is 37.0 Å². The minimum Gasteiger partial charge on any atom is -0.355 e. The Morgan fingerprint density at radius 3 is 2.30 bits per heavy atom. The molecule has 1 aliphatic rings. The SMILES string of the molecule is Cc1ccc(S(=O)(=O)n2ccc3c4c(cnc32)C(=O)N(c2c(Cl)cccc2Cl)CN4C)cc1. The standard InChI is InChI=1S/C23H18Cl2N4O3S/c1-14-6-8-15(9-7-14)33(31,32)29-11-10-16-20-17(12-26-22(16)29)23(30)28(13-27(20)2)21-18(24)4-3-5-19(21)25/h3-12H,13H2,1-2H3. The van der Waals surface area contributed by atoms with Crippen molar-refractivity contribution in [2.75, 3.05) is 23.5 Å². The number of amides is 1. The Kier molecular flexibility index (Phi) is 5.12. The number of benzene rings is 2. The first-order valence-corrected chi connectivity index (χ1v) is 12.2.